The van der Waals surface area contributed by atoms with Crippen LogP contribution in [0.25, 0.3) is 0 Å². The Kier molecular flexibility index (Phi) is 4.20. The van der Waals surface area contributed by atoms with Gasteiger partial charge in [-0.3, -0.25) is 0 Å². The fourth-order valence-electron chi connectivity index (χ4n) is 1.80. The number of rotatable bonds is 4. The second-order valence-corrected chi connectivity index (χ2v) is 6.77. The van der Waals surface area contributed by atoms with Gasteiger partial charge in [-0.25, -0.2) is 0 Å². The van der Waals surface area contributed by atoms with Gasteiger partial charge in [-0.05, 0) is 23.1 Å². The van der Waals surface area contributed by atoms with Gasteiger partial charge in [0.25, 0.3) is 0 Å². The van der Waals surface area contributed by atoms with Crippen molar-refractivity contribution in [3.8, 4) is 0 Å². The first kappa shape index (κ1) is 13.3. The molecule has 0 amide bonds. The number of benzene rings is 1. The highest BCUT2D eigenvalue weighted by Crippen LogP contribution is 2.29. The van der Waals surface area contributed by atoms with Crippen molar-refractivity contribution in [1.82, 2.24) is 5.32 Å². The standard InChI is InChI=1S/C16H21NS/c1-16(2,3)15-10-9-14(18-15)12-17-11-13-7-5-4-6-8-13/h4-10,17H,11-12H2,1-3H3. The summed E-state index contributed by atoms with van der Waals surface area (Å²) in [5.74, 6) is 0. The van der Waals surface area contributed by atoms with Crippen LogP contribution >= 0.6 is 11.3 Å². The number of nitrogens with one attached hydrogen (secondary N) is 1. The van der Waals surface area contributed by atoms with E-state index in [9.17, 15) is 0 Å². The Balaban J connectivity index is 1.86. The highest BCUT2D eigenvalue weighted by atomic mass is 32.1. The Labute approximate surface area is 114 Å². The Morgan fingerprint density at radius 2 is 1.67 bits per heavy atom. The van der Waals surface area contributed by atoms with E-state index in [-0.39, 0.29) is 5.41 Å². The molecule has 2 heteroatoms. The lowest BCUT2D eigenvalue weighted by Crippen LogP contribution is -2.11. The first-order valence-corrected chi connectivity index (χ1v) is 7.21. The summed E-state index contributed by atoms with van der Waals surface area (Å²) in [5.41, 5.74) is 1.60. The highest BCUT2D eigenvalue weighted by molar-refractivity contribution is 7.12. The molecule has 0 unspecified atom stereocenters. The van der Waals surface area contributed by atoms with Gasteiger partial charge in [-0.2, -0.15) is 0 Å². The van der Waals surface area contributed by atoms with Crippen LogP contribution in [0.15, 0.2) is 42.5 Å². The summed E-state index contributed by atoms with van der Waals surface area (Å²) in [6.45, 7) is 8.68. The molecule has 1 nitrogen and oxygen atoms in total. The van der Waals surface area contributed by atoms with Crippen LogP contribution in [0.2, 0.25) is 0 Å². The predicted octanol–water partition coefficient (Wildman–Crippen LogP) is 4.34. The van der Waals surface area contributed by atoms with E-state index < -0.39 is 0 Å². The van der Waals surface area contributed by atoms with Crippen LogP contribution in [0.3, 0.4) is 0 Å². The van der Waals surface area contributed by atoms with Crippen molar-refractivity contribution in [2.75, 3.05) is 0 Å². The molecule has 0 radical (unpaired) electrons. The molecular formula is C16H21NS. The van der Waals surface area contributed by atoms with E-state index in [2.05, 4.69) is 68.6 Å². The average Bonchev–Trinajstić information content (AvgIpc) is 2.79. The largest absolute Gasteiger partial charge is 0.308 e. The van der Waals surface area contributed by atoms with Gasteiger partial charge in [0.1, 0.15) is 0 Å². The SMILES string of the molecule is CC(C)(C)c1ccc(CNCc2ccccc2)s1. The molecule has 0 atom stereocenters. The van der Waals surface area contributed by atoms with Crippen LogP contribution in [0.1, 0.15) is 36.1 Å². The third kappa shape index (κ3) is 3.69. The molecule has 1 heterocycles. The van der Waals surface area contributed by atoms with E-state index in [1.165, 1.54) is 15.3 Å². The van der Waals surface area contributed by atoms with Crippen LogP contribution in [0, 0.1) is 0 Å². The summed E-state index contributed by atoms with van der Waals surface area (Å²) < 4.78 is 0. The van der Waals surface area contributed by atoms with E-state index in [0.29, 0.717) is 0 Å². The minimum atomic E-state index is 0.266. The van der Waals surface area contributed by atoms with Crippen LogP contribution in [-0.4, -0.2) is 0 Å². The molecule has 96 valence electrons. The van der Waals surface area contributed by atoms with Gasteiger partial charge in [0.05, 0.1) is 0 Å². The third-order valence-corrected chi connectivity index (χ3v) is 4.38. The summed E-state index contributed by atoms with van der Waals surface area (Å²) in [7, 11) is 0. The highest BCUT2D eigenvalue weighted by Gasteiger charge is 2.15. The average molecular weight is 259 g/mol. The molecule has 0 saturated carbocycles. The van der Waals surface area contributed by atoms with E-state index in [0.717, 1.165) is 13.1 Å². The fraction of sp³-hybridized carbons (Fsp3) is 0.375. The van der Waals surface area contributed by atoms with Crippen molar-refractivity contribution in [2.45, 2.75) is 39.3 Å². The smallest absolute Gasteiger partial charge is 0.0303 e. The molecule has 18 heavy (non-hydrogen) atoms. The molecular weight excluding hydrogens is 238 g/mol. The zero-order valence-electron chi connectivity index (χ0n) is 11.4. The Morgan fingerprint density at radius 3 is 2.28 bits per heavy atom. The Morgan fingerprint density at radius 1 is 0.944 bits per heavy atom. The second kappa shape index (κ2) is 5.68. The molecule has 0 aliphatic rings. The molecule has 0 fully saturated rings. The normalized spacial score (nSPS) is 11.7. The Bertz CT molecular complexity index is 479. The van der Waals surface area contributed by atoms with Crippen molar-refractivity contribution in [1.29, 1.82) is 0 Å². The van der Waals surface area contributed by atoms with Gasteiger partial charge in [0.15, 0.2) is 0 Å². The minimum absolute atomic E-state index is 0.266. The van der Waals surface area contributed by atoms with E-state index in [4.69, 9.17) is 0 Å². The summed E-state index contributed by atoms with van der Waals surface area (Å²) >= 11 is 1.91. The zero-order valence-corrected chi connectivity index (χ0v) is 12.2. The number of thiophene rings is 1. The van der Waals surface area contributed by atoms with E-state index >= 15 is 0 Å². The molecule has 1 aromatic carbocycles. The van der Waals surface area contributed by atoms with Crippen LogP contribution in [0.4, 0.5) is 0 Å². The summed E-state index contributed by atoms with van der Waals surface area (Å²) in [4.78, 5) is 2.87. The van der Waals surface area contributed by atoms with Crippen molar-refractivity contribution in [3.63, 3.8) is 0 Å². The van der Waals surface area contributed by atoms with Crippen molar-refractivity contribution < 1.29 is 0 Å². The monoisotopic (exact) mass is 259 g/mol. The first-order chi connectivity index (χ1) is 8.55. The Hall–Kier alpha value is -1.12. The lowest BCUT2D eigenvalue weighted by atomic mass is 9.95. The topological polar surface area (TPSA) is 12.0 Å². The summed E-state index contributed by atoms with van der Waals surface area (Å²) in [6, 6.07) is 15.0. The van der Waals surface area contributed by atoms with Crippen molar-refractivity contribution >= 4 is 11.3 Å². The molecule has 0 aliphatic carbocycles. The quantitative estimate of drug-likeness (QED) is 0.861. The van der Waals surface area contributed by atoms with Crippen molar-refractivity contribution in [3.05, 3.63) is 57.8 Å². The zero-order chi connectivity index (χ0) is 13.0. The van der Waals surface area contributed by atoms with Crippen LogP contribution in [-0.2, 0) is 18.5 Å². The third-order valence-electron chi connectivity index (χ3n) is 2.87. The lowest BCUT2D eigenvalue weighted by molar-refractivity contribution is 0.604. The number of hydrogen-bond donors (Lipinski definition) is 1. The van der Waals surface area contributed by atoms with Gasteiger partial charge in [0.2, 0.25) is 0 Å². The van der Waals surface area contributed by atoms with Crippen molar-refractivity contribution in [2.24, 2.45) is 0 Å². The maximum atomic E-state index is 3.49. The van der Waals surface area contributed by atoms with Gasteiger partial charge in [-0.15, -0.1) is 11.3 Å². The molecule has 0 spiro atoms. The molecule has 0 bridgehead atoms. The maximum absolute atomic E-state index is 3.49. The number of hydrogen-bond acceptors (Lipinski definition) is 2. The van der Waals surface area contributed by atoms with Gasteiger partial charge in [-0.1, -0.05) is 51.1 Å². The minimum Gasteiger partial charge on any atom is -0.308 e. The van der Waals surface area contributed by atoms with E-state index in [1.807, 2.05) is 11.3 Å². The van der Waals surface area contributed by atoms with Gasteiger partial charge in [0, 0.05) is 22.8 Å². The lowest BCUT2D eigenvalue weighted by Gasteiger charge is -2.15. The molecule has 2 rings (SSSR count). The summed E-state index contributed by atoms with van der Waals surface area (Å²) in [5, 5.41) is 3.49. The molecule has 0 saturated heterocycles. The maximum Gasteiger partial charge on any atom is 0.0303 e. The summed E-state index contributed by atoms with van der Waals surface area (Å²) in [6.07, 6.45) is 0. The first-order valence-electron chi connectivity index (χ1n) is 6.39. The van der Waals surface area contributed by atoms with Crippen LogP contribution < -0.4 is 5.32 Å². The van der Waals surface area contributed by atoms with Gasteiger partial charge >= 0.3 is 0 Å². The molecule has 1 aromatic heterocycles. The van der Waals surface area contributed by atoms with Crippen LogP contribution in [0.5, 0.6) is 0 Å². The second-order valence-electron chi connectivity index (χ2n) is 5.61. The molecule has 0 aliphatic heterocycles. The van der Waals surface area contributed by atoms with E-state index in [1.54, 1.807) is 0 Å². The fourth-order valence-corrected chi connectivity index (χ4v) is 2.84. The predicted molar refractivity (Wildman–Crippen MR) is 80.0 cm³/mol. The molecule has 1 N–H and O–H groups in total. The molecule has 2 aromatic rings. The van der Waals surface area contributed by atoms with Gasteiger partial charge < -0.3 is 5.32 Å².